The van der Waals surface area contributed by atoms with Crippen molar-refractivity contribution in [2.45, 2.75) is 31.8 Å². The van der Waals surface area contributed by atoms with E-state index in [9.17, 15) is 4.39 Å². The Kier molecular flexibility index (Phi) is 6.43. The molecular formula is C11H12BrFOZn. The molecule has 1 nitrogen and oxygen atoms in total. The van der Waals surface area contributed by atoms with E-state index < -0.39 is 0 Å². The van der Waals surface area contributed by atoms with Crippen LogP contribution in [-0.2, 0) is 16.3 Å². The van der Waals surface area contributed by atoms with Crippen molar-refractivity contribution in [3.8, 4) is 5.75 Å². The van der Waals surface area contributed by atoms with Gasteiger partial charge in [0.2, 0.25) is 0 Å². The number of benzene rings is 1. The molecule has 0 heterocycles. The molecule has 0 N–H and O–H groups in total. The van der Waals surface area contributed by atoms with Gasteiger partial charge in [0.05, 0.1) is 11.9 Å². The second-order valence-electron chi connectivity index (χ2n) is 3.38. The molecule has 0 saturated heterocycles. The van der Waals surface area contributed by atoms with Gasteiger partial charge in [-0.1, -0.05) is 0 Å². The summed E-state index contributed by atoms with van der Waals surface area (Å²) in [7, 11) is 0. The topological polar surface area (TPSA) is 9.23 Å². The maximum absolute atomic E-state index is 13.1. The number of rotatable bonds is 2. The molecule has 0 amide bonds. The zero-order valence-electron chi connectivity index (χ0n) is 8.51. The van der Waals surface area contributed by atoms with Gasteiger partial charge in [-0.25, -0.2) is 4.39 Å². The first-order valence-corrected chi connectivity index (χ1v) is 11.9. The minimum atomic E-state index is -0.286. The van der Waals surface area contributed by atoms with Gasteiger partial charge in [-0.05, 0) is 25.7 Å². The summed E-state index contributed by atoms with van der Waals surface area (Å²) in [4.78, 5) is 0. The predicted octanol–water partition coefficient (Wildman–Crippen LogP) is 3.79. The monoisotopic (exact) mass is 322 g/mol. The summed E-state index contributed by atoms with van der Waals surface area (Å²) in [6.45, 7) is 0. The van der Waals surface area contributed by atoms with Crippen LogP contribution in [0.25, 0.3) is 0 Å². The second kappa shape index (κ2) is 7.35. The molecule has 0 spiro atoms. The molecule has 1 saturated carbocycles. The molecular weight excluding hydrogens is 312 g/mol. The van der Waals surface area contributed by atoms with Crippen LogP contribution in [0.5, 0.6) is 5.75 Å². The summed E-state index contributed by atoms with van der Waals surface area (Å²) < 4.78 is 18.6. The molecule has 15 heavy (non-hydrogen) atoms. The standard InChI is InChI=1S/C11H12FO.BrH.Zn/c12-10-7-3-4-8-11(10)13-9-5-1-2-6-9;;/h3,7-9H,1-2,5-6H2;1H;/q-1;;+2/p-1. The summed E-state index contributed by atoms with van der Waals surface area (Å²) in [5.74, 6) is 0.0556. The first-order chi connectivity index (χ1) is 7.36. The molecule has 0 unspecified atom stereocenters. The van der Waals surface area contributed by atoms with Crippen LogP contribution in [0.15, 0.2) is 18.2 Å². The van der Waals surface area contributed by atoms with Gasteiger partial charge < -0.3 is 4.74 Å². The predicted molar refractivity (Wildman–Crippen MR) is 57.0 cm³/mol. The van der Waals surface area contributed by atoms with Gasteiger partial charge in [-0.2, -0.15) is 12.1 Å². The van der Waals surface area contributed by atoms with Crippen molar-refractivity contribution in [3.05, 3.63) is 30.1 Å². The Bertz CT molecular complexity index is 290. The number of hydrogen-bond donors (Lipinski definition) is 0. The molecule has 1 aromatic rings. The Balaban J connectivity index is 0.000000531. The Morgan fingerprint density at radius 1 is 1.40 bits per heavy atom. The van der Waals surface area contributed by atoms with Gasteiger partial charge >= 0.3 is 30.0 Å². The molecule has 0 aromatic heterocycles. The van der Waals surface area contributed by atoms with E-state index in [0.717, 1.165) is 12.8 Å². The van der Waals surface area contributed by atoms with Crippen LogP contribution in [0.4, 0.5) is 4.39 Å². The van der Waals surface area contributed by atoms with E-state index in [1.165, 1.54) is 35.3 Å². The molecule has 0 atom stereocenters. The molecule has 1 aliphatic rings. The quantitative estimate of drug-likeness (QED) is 0.594. The molecule has 0 bridgehead atoms. The Labute approximate surface area is 106 Å². The fourth-order valence-corrected chi connectivity index (χ4v) is 1.67. The van der Waals surface area contributed by atoms with Gasteiger partial charge in [-0.15, -0.1) is 12.1 Å². The van der Waals surface area contributed by atoms with Crippen molar-refractivity contribution < 1.29 is 25.5 Å². The fraction of sp³-hybridized carbons (Fsp3) is 0.455. The summed E-state index contributed by atoms with van der Waals surface area (Å²) >= 11 is 4.25. The minimum absolute atomic E-state index is 0.213. The van der Waals surface area contributed by atoms with E-state index in [0.29, 0.717) is 5.75 Å². The average Bonchev–Trinajstić information content (AvgIpc) is 2.77. The van der Waals surface area contributed by atoms with Gasteiger partial charge in [0.25, 0.3) is 0 Å². The summed E-state index contributed by atoms with van der Waals surface area (Å²) in [5, 5.41) is 0. The van der Waals surface area contributed by atoms with Crippen molar-refractivity contribution in [2.75, 3.05) is 0 Å². The summed E-state index contributed by atoms with van der Waals surface area (Å²) in [6.07, 6.45) is 4.71. The van der Waals surface area contributed by atoms with Crippen LogP contribution in [-0.4, -0.2) is 6.10 Å². The Hall–Kier alpha value is 0.0534. The average molecular weight is 325 g/mol. The Morgan fingerprint density at radius 3 is 2.67 bits per heavy atom. The van der Waals surface area contributed by atoms with Crippen LogP contribution in [0.3, 0.4) is 0 Å². The van der Waals surface area contributed by atoms with E-state index in [-0.39, 0.29) is 11.9 Å². The van der Waals surface area contributed by atoms with Gasteiger partial charge in [0.1, 0.15) is 0 Å². The summed E-state index contributed by atoms with van der Waals surface area (Å²) in [5.41, 5.74) is 0. The third-order valence-corrected chi connectivity index (χ3v) is 2.37. The molecule has 1 fully saturated rings. The molecule has 1 aromatic carbocycles. The molecule has 2 rings (SSSR count). The number of hydrogen-bond acceptors (Lipinski definition) is 1. The number of ether oxygens (including phenoxy) is 1. The second-order valence-corrected chi connectivity index (χ2v) is 3.38. The van der Waals surface area contributed by atoms with E-state index in [1.54, 1.807) is 12.1 Å². The fourth-order valence-electron chi connectivity index (χ4n) is 1.67. The third kappa shape index (κ3) is 4.20. The van der Waals surface area contributed by atoms with Crippen molar-refractivity contribution in [1.82, 2.24) is 0 Å². The molecule has 0 radical (unpaired) electrons. The summed E-state index contributed by atoms with van der Waals surface area (Å²) in [6, 6.07) is 7.31. The van der Waals surface area contributed by atoms with Crippen molar-refractivity contribution in [3.63, 3.8) is 0 Å². The number of halogens is 2. The van der Waals surface area contributed by atoms with Crippen LogP contribution in [0.2, 0.25) is 0 Å². The molecule has 78 valence electrons. The van der Waals surface area contributed by atoms with Gasteiger partial charge in [-0.3, -0.25) is 0 Å². The molecule has 4 heteroatoms. The van der Waals surface area contributed by atoms with Crippen LogP contribution < -0.4 is 4.74 Å². The zero-order chi connectivity index (χ0) is 11.1. The zero-order valence-corrected chi connectivity index (χ0v) is 13.1. The van der Waals surface area contributed by atoms with Crippen molar-refractivity contribution in [1.29, 1.82) is 0 Å². The van der Waals surface area contributed by atoms with E-state index in [4.69, 9.17) is 4.74 Å². The first-order valence-electron chi connectivity index (χ1n) is 4.95. The van der Waals surface area contributed by atoms with Crippen molar-refractivity contribution in [2.24, 2.45) is 0 Å². The van der Waals surface area contributed by atoms with E-state index in [1.807, 2.05) is 0 Å². The van der Waals surface area contributed by atoms with Crippen LogP contribution in [0, 0.1) is 11.9 Å². The van der Waals surface area contributed by atoms with Gasteiger partial charge in [0, 0.05) is 5.75 Å². The molecule has 0 aliphatic heterocycles. The maximum atomic E-state index is 13.1. The normalized spacial score (nSPS) is 15.7. The first kappa shape index (κ1) is 13.1. The van der Waals surface area contributed by atoms with Gasteiger partial charge in [0.15, 0.2) is 0 Å². The third-order valence-electron chi connectivity index (χ3n) is 2.37. The van der Waals surface area contributed by atoms with Crippen LogP contribution in [0.1, 0.15) is 25.7 Å². The van der Waals surface area contributed by atoms with Crippen molar-refractivity contribution >= 4 is 13.6 Å². The van der Waals surface area contributed by atoms with E-state index >= 15 is 0 Å². The van der Waals surface area contributed by atoms with E-state index in [2.05, 4.69) is 19.7 Å². The van der Waals surface area contributed by atoms with Crippen LogP contribution >= 0.6 is 13.6 Å². The molecule has 1 aliphatic carbocycles. The SMILES string of the molecule is Fc1cc[c-]cc1OC1CCCC1.[Zn+][Br]. The Morgan fingerprint density at radius 2 is 2.07 bits per heavy atom.